The van der Waals surface area contributed by atoms with E-state index >= 15 is 0 Å². The molecule has 92 valence electrons. The average Bonchev–Trinajstić information content (AvgIpc) is 2.25. The van der Waals surface area contributed by atoms with E-state index in [0.717, 1.165) is 0 Å². The molecule has 1 heterocycles. The van der Waals surface area contributed by atoms with Gasteiger partial charge in [-0.25, -0.2) is 9.78 Å². The van der Waals surface area contributed by atoms with E-state index in [1.165, 1.54) is 12.3 Å². The van der Waals surface area contributed by atoms with Crippen molar-refractivity contribution in [2.45, 2.75) is 12.8 Å². The number of hydrogen-bond acceptors (Lipinski definition) is 4. The smallest absolute Gasteiger partial charge is 0.339 e. The number of nitrogens with one attached hydrogen (secondary N) is 1. The Balaban J connectivity index is 2.64. The number of hydrogen-bond donors (Lipinski definition) is 3. The number of amides is 1. The minimum Gasteiger partial charge on any atom is -0.478 e. The van der Waals surface area contributed by atoms with E-state index in [-0.39, 0.29) is 23.7 Å². The third-order valence-electron chi connectivity index (χ3n) is 1.98. The fraction of sp³-hybridized carbons (Fsp3) is 0.300. The molecular formula is C10H12BrN3O3. The van der Waals surface area contributed by atoms with E-state index in [2.05, 4.69) is 26.2 Å². The van der Waals surface area contributed by atoms with Crippen LogP contribution in [-0.2, 0) is 4.79 Å². The largest absolute Gasteiger partial charge is 0.478 e. The van der Waals surface area contributed by atoms with Crippen LogP contribution in [0.4, 0.5) is 5.82 Å². The van der Waals surface area contributed by atoms with Crippen LogP contribution < -0.4 is 11.1 Å². The first-order valence-corrected chi connectivity index (χ1v) is 5.71. The minimum atomic E-state index is -1.06. The van der Waals surface area contributed by atoms with Crippen molar-refractivity contribution in [3.05, 3.63) is 22.3 Å². The molecule has 0 unspecified atom stereocenters. The topological polar surface area (TPSA) is 105 Å². The van der Waals surface area contributed by atoms with Gasteiger partial charge in [-0.2, -0.15) is 0 Å². The molecule has 1 aromatic rings. The predicted octanol–water partition coefficient (Wildman–Crippen LogP) is 1.22. The lowest BCUT2D eigenvalue weighted by atomic mass is 10.2. The Morgan fingerprint density at radius 1 is 1.53 bits per heavy atom. The molecule has 0 spiro atoms. The van der Waals surface area contributed by atoms with Gasteiger partial charge >= 0.3 is 5.97 Å². The van der Waals surface area contributed by atoms with Gasteiger partial charge in [0.05, 0.1) is 0 Å². The Morgan fingerprint density at radius 2 is 2.24 bits per heavy atom. The maximum atomic E-state index is 10.9. The molecule has 1 aromatic heterocycles. The fourth-order valence-corrected chi connectivity index (χ4v) is 1.54. The van der Waals surface area contributed by atoms with Crippen molar-refractivity contribution in [3.8, 4) is 0 Å². The van der Waals surface area contributed by atoms with E-state index < -0.39 is 5.97 Å². The highest BCUT2D eigenvalue weighted by atomic mass is 79.9. The lowest BCUT2D eigenvalue weighted by Gasteiger charge is -2.08. The molecule has 0 radical (unpaired) electrons. The number of rotatable bonds is 6. The second kappa shape index (κ2) is 6.19. The summed E-state index contributed by atoms with van der Waals surface area (Å²) in [6.07, 6.45) is 2.29. The zero-order valence-electron chi connectivity index (χ0n) is 8.94. The number of primary amides is 1. The maximum Gasteiger partial charge on any atom is 0.339 e. The van der Waals surface area contributed by atoms with E-state index in [0.29, 0.717) is 17.4 Å². The van der Waals surface area contributed by atoms with Crippen LogP contribution in [0.3, 0.4) is 0 Å². The number of carboxylic acid groups (broad SMARTS) is 1. The first kappa shape index (κ1) is 13.4. The van der Waals surface area contributed by atoms with Crippen LogP contribution in [0.2, 0.25) is 0 Å². The zero-order chi connectivity index (χ0) is 12.8. The molecule has 0 fully saturated rings. The van der Waals surface area contributed by atoms with Crippen LogP contribution in [0.1, 0.15) is 23.2 Å². The molecule has 0 aliphatic carbocycles. The number of aromatic nitrogens is 1. The summed E-state index contributed by atoms with van der Waals surface area (Å²) in [6.45, 7) is 0.442. The molecular weight excluding hydrogens is 290 g/mol. The van der Waals surface area contributed by atoms with Gasteiger partial charge in [-0.15, -0.1) is 0 Å². The quantitative estimate of drug-likeness (QED) is 0.685. The molecule has 0 saturated heterocycles. The van der Waals surface area contributed by atoms with Crippen LogP contribution in [0, 0.1) is 0 Å². The number of carbonyl (C=O) groups excluding carboxylic acids is 1. The molecule has 4 N–H and O–H groups in total. The maximum absolute atomic E-state index is 10.9. The molecule has 1 rings (SSSR count). The predicted molar refractivity (Wildman–Crippen MR) is 65.8 cm³/mol. The van der Waals surface area contributed by atoms with Gasteiger partial charge < -0.3 is 16.2 Å². The van der Waals surface area contributed by atoms with Crippen molar-refractivity contribution in [1.29, 1.82) is 0 Å². The number of pyridine rings is 1. The van der Waals surface area contributed by atoms with Crippen LogP contribution in [0.25, 0.3) is 0 Å². The Hall–Kier alpha value is -1.63. The van der Waals surface area contributed by atoms with Gasteiger partial charge in [0.1, 0.15) is 11.4 Å². The molecule has 6 nitrogen and oxygen atoms in total. The first-order chi connectivity index (χ1) is 8.00. The van der Waals surface area contributed by atoms with E-state index in [1.807, 2.05) is 0 Å². The third kappa shape index (κ3) is 4.39. The number of carbonyl (C=O) groups is 2. The lowest BCUT2D eigenvalue weighted by molar-refractivity contribution is -0.118. The van der Waals surface area contributed by atoms with Gasteiger partial charge in [-0.05, 0) is 28.4 Å². The second-order valence-electron chi connectivity index (χ2n) is 3.35. The third-order valence-corrected chi connectivity index (χ3v) is 2.41. The van der Waals surface area contributed by atoms with Gasteiger partial charge in [0.2, 0.25) is 5.91 Å². The van der Waals surface area contributed by atoms with E-state index in [1.54, 1.807) is 0 Å². The summed E-state index contributed by atoms with van der Waals surface area (Å²) in [4.78, 5) is 25.4. The Labute approximate surface area is 106 Å². The normalized spacial score (nSPS) is 9.94. The highest BCUT2D eigenvalue weighted by molar-refractivity contribution is 9.10. The summed E-state index contributed by atoms with van der Waals surface area (Å²) in [5.41, 5.74) is 5.07. The standard InChI is InChI=1S/C10H12BrN3O3/c11-6-4-7(10(16)17)9(14-5-6)13-3-1-2-8(12)15/h4-5H,1-3H2,(H2,12,15)(H,13,14)(H,16,17). The summed E-state index contributed by atoms with van der Waals surface area (Å²) in [6, 6.07) is 1.46. The van der Waals surface area contributed by atoms with Crippen LogP contribution in [0.5, 0.6) is 0 Å². The van der Waals surface area contributed by atoms with Crippen LogP contribution in [0.15, 0.2) is 16.7 Å². The second-order valence-corrected chi connectivity index (χ2v) is 4.27. The number of nitrogens with two attached hydrogens (primary N) is 1. The Bertz CT molecular complexity index is 437. The molecule has 17 heavy (non-hydrogen) atoms. The Morgan fingerprint density at radius 3 is 2.82 bits per heavy atom. The number of aromatic carboxylic acids is 1. The van der Waals surface area contributed by atoms with Gasteiger partial charge in [-0.3, -0.25) is 4.79 Å². The van der Waals surface area contributed by atoms with Crippen molar-refractivity contribution in [3.63, 3.8) is 0 Å². The summed E-state index contributed by atoms with van der Waals surface area (Å²) in [7, 11) is 0. The van der Waals surface area contributed by atoms with E-state index in [4.69, 9.17) is 10.8 Å². The summed E-state index contributed by atoms with van der Waals surface area (Å²) >= 11 is 3.15. The first-order valence-electron chi connectivity index (χ1n) is 4.91. The minimum absolute atomic E-state index is 0.0819. The summed E-state index contributed by atoms with van der Waals surface area (Å²) in [5.74, 6) is -1.16. The number of carboxylic acids is 1. The van der Waals surface area contributed by atoms with Gasteiger partial charge in [-0.1, -0.05) is 0 Å². The van der Waals surface area contributed by atoms with Crippen molar-refractivity contribution >= 4 is 33.6 Å². The summed E-state index contributed by atoms with van der Waals surface area (Å²) < 4.78 is 0.595. The van der Waals surface area contributed by atoms with Gasteiger partial charge in [0, 0.05) is 23.6 Å². The highest BCUT2D eigenvalue weighted by Crippen LogP contribution is 2.17. The molecule has 1 amide bonds. The number of anilines is 1. The number of halogens is 1. The average molecular weight is 302 g/mol. The highest BCUT2D eigenvalue weighted by Gasteiger charge is 2.11. The molecule has 0 saturated carbocycles. The number of nitrogens with zero attached hydrogens (tertiary/aromatic N) is 1. The van der Waals surface area contributed by atoms with E-state index in [9.17, 15) is 9.59 Å². The molecule has 0 aliphatic rings. The molecule has 0 bridgehead atoms. The van der Waals surface area contributed by atoms with Gasteiger partial charge in [0.15, 0.2) is 0 Å². The molecule has 0 atom stereocenters. The van der Waals surface area contributed by atoms with Crippen LogP contribution >= 0.6 is 15.9 Å². The summed E-state index contributed by atoms with van der Waals surface area (Å²) in [5, 5.41) is 11.8. The van der Waals surface area contributed by atoms with Crippen molar-refractivity contribution in [2.75, 3.05) is 11.9 Å². The van der Waals surface area contributed by atoms with Crippen molar-refractivity contribution in [2.24, 2.45) is 5.73 Å². The SMILES string of the molecule is NC(=O)CCCNc1ncc(Br)cc1C(=O)O. The monoisotopic (exact) mass is 301 g/mol. The lowest BCUT2D eigenvalue weighted by Crippen LogP contribution is -2.14. The fourth-order valence-electron chi connectivity index (χ4n) is 1.21. The zero-order valence-corrected chi connectivity index (χ0v) is 10.5. The molecule has 7 heteroatoms. The van der Waals surface area contributed by atoms with Gasteiger partial charge in [0.25, 0.3) is 0 Å². The van der Waals surface area contributed by atoms with Crippen molar-refractivity contribution in [1.82, 2.24) is 4.98 Å². The van der Waals surface area contributed by atoms with Crippen LogP contribution in [-0.4, -0.2) is 28.5 Å². The Kier molecular flexibility index (Phi) is 4.89. The van der Waals surface area contributed by atoms with Crippen molar-refractivity contribution < 1.29 is 14.7 Å². The molecule has 0 aliphatic heterocycles. The molecule has 0 aromatic carbocycles.